The van der Waals surface area contributed by atoms with E-state index in [1.807, 2.05) is 19.1 Å². The van der Waals surface area contributed by atoms with Crippen LogP contribution in [0.15, 0.2) is 71.6 Å². The van der Waals surface area contributed by atoms with Crippen molar-refractivity contribution in [3.8, 4) is 11.1 Å². The van der Waals surface area contributed by atoms with E-state index >= 15 is 0 Å². The van der Waals surface area contributed by atoms with Crippen molar-refractivity contribution >= 4 is 10.0 Å². The first-order valence-electron chi connectivity index (χ1n) is 12.9. The lowest BCUT2D eigenvalue weighted by Gasteiger charge is -2.56. The average molecular weight is 507 g/mol. The number of aryl methyl sites for hydroxylation is 2. The van der Waals surface area contributed by atoms with Gasteiger partial charge in [-0.2, -0.15) is 4.31 Å². The van der Waals surface area contributed by atoms with Crippen LogP contribution in [0.3, 0.4) is 0 Å². The molecule has 0 spiro atoms. The van der Waals surface area contributed by atoms with E-state index in [4.69, 9.17) is 0 Å². The zero-order valence-corrected chi connectivity index (χ0v) is 22.1. The molecule has 3 aromatic carbocycles. The van der Waals surface area contributed by atoms with E-state index < -0.39 is 16.7 Å². The first-order valence-corrected chi connectivity index (χ1v) is 14.3. The summed E-state index contributed by atoms with van der Waals surface area (Å²) in [5.41, 5.74) is 6.72. The number of fused-ring (bicyclic) bond motifs is 1. The summed E-state index contributed by atoms with van der Waals surface area (Å²) >= 11 is 0. The van der Waals surface area contributed by atoms with E-state index in [1.165, 1.54) is 16.7 Å². The highest BCUT2D eigenvalue weighted by Crippen LogP contribution is 2.43. The molecule has 2 aliphatic rings. The summed E-state index contributed by atoms with van der Waals surface area (Å²) in [5, 5.41) is 0. The predicted molar refractivity (Wildman–Crippen MR) is 144 cm³/mol. The predicted octanol–water partition coefficient (Wildman–Crippen LogP) is 5.87. The van der Waals surface area contributed by atoms with E-state index in [9.17, 15) is 12.8 Å². The van der Waals surface area contributed by atoms with Crippen LogP contribution in [0.25, 0.3) is 11.1 Å². The van der Waals surface area contributed by atoms with E-state index in [0.29, 0.717) is 18.0 Å². The number of rotatable bonds is 5. The molecular formula is C30H35FN2O2S. The largest absolute Gasteiger partial charge is 0.292 e. The molecule has 0 radical (unpaired) electrons. The summed E-state index contributed by atoms with van der Waals surface area (Å²) < 4.78 is 43.2. The fourth-order valence-corrected chi connectivity index (χ4v) is 7.75. The minimum Gasteiger partial charge on any atom is -0.292 e. The van der Waals surface area contributed by atoms with Crippen LogP contribution >= 0.6 is 0 Å². The van der Waals surface area contributed by atoms with Gasteiger partial charge in [0.15, 0.2) is 0 Å². The molecule has 0 aliphatic carbocycles. The van der Waals surface area contributed by atoms with Gasteiger partial charge in [-0.05, 0) is 79.6 Å². The second-order valence-electron chi connectivity index (χ2n) is 10.3. The third-order valence-electron chi connectivity index (χ3n) is 8.23. The number of halogens is 1. The monoisotopic (exact) mass is 506 g/mol. The number of benzene rings is 3. The standard InChI is InChI=1S/C30H35FN2O2S/c1-21-10-8-11-26(23(21)3)24-13-15-25(16-14-24)30-27(19-31)33-18-7-6-17-32(20-28(30)33)36(34,35)29-12-5-4-9-22(29)2/h4-5,8-16,27-28,30H,6-7,17-20H2,1-3H3/t27-,28+,30-/m1/s1. The Kier molecular flexibility index (Phi) is 7.03. The number of alkyl halides is 1. The molecule has 2 heterocycles. The molecule has 36 heavy (non-hydrogen) atoms. The van der Waals surface area contributed by atoms with Gasteiger partial charge in [-0.1, -0.05) is 60.7 Å². The topological polar surface area (TPSA) is 40.6 Å². The molecule has 2 fully saturated rings. The Morgan fingerprint density at radius 3 is 2.28 bits per heavy atom. The summed E-state index contributed by atoms with van der Waals surface area (Å²) in [6.07, 6.45) is 1.65. The van der Waals surface area contributed by atoms with Gasteiger partial charge in [0, 0.05) is 31.1 Å². The van der Waals surface area contributed by atoms with Crippen LogP contribution < -0.4 is 0 Å². The van der Waals surface area contributed by atoms with Gasteiger partial charge in [-0.3, -0.25) is 4.90 Å². The van der Waals surface area contributed by atoms with E-state index in [2.05, 4.69) is 61.2 Å². The number of sulfonamides is 1. The molecule has 0 N–H and O–H groups in total. The zero-order chi connectivity index (χ0) is 25.4. The van der Waals surface area contributed by atoms with Crippen molar-refractivity contribution in [2.75, 3.05) is 26.3 Å². The zero-order valence-electron chi connectivity index (χ0n) is 21.3. The van der Waals surface area contributed by atoms with Gasteiger partial charge in [0.05, 0.1) is 4.90 Å². The van der Waals surface area contributed by atoms with Crippen LogP contribution in [0.1, 0.15) is 41.0 Å². The highest BCUT2D eigenvalue weighted by molar-refractivity contribution is 7.89. The van der Waals surface area contributed by atoms with Gasteiger partial charge in [0.1, 0.15) is 6.67 Å². The molecule has 0 aromatic heterocycles. The Balaban J connectivity index is 1.44. The fourth-order valence-electron chi connectivity index (χ4n) is 6.03. The molecule has 2 saturated heterocycles. The van der Waals surface area contributed by atoms with Gasteiger partial charge in [-0.15, -0.1) is 0 Å². The molecule has 0 saturated carbocycles. The Bertz CT molecular complexity index is 1340. The lowest BCUT2D eigenvalue weighted by molar-refractivity contribution is -0.0414. The van der Waals surface area contributed by atoms with Crippen LogP contribution in [0, 0.1) is 20.8 Å². The average Bonchev–Trinajstić information content (AvgIpc) is 2.85. The summed E-state index contributed by atoms with van der Waals surface area (Å²) in [7, 11) is -3.62. The van der Waals surface area contributed by atoms with Gasteiger partial charge < -0.3 is 0 Å². The van der Waals surface area contributed by atoms with Crippen LogP contribution in [0.4, 0.5) is 4.39 Å². The molecule has 2 aliphatic heterocycles. The van der Waals surface area contributed by atoms with Crippen molar-refractivity contribution in [3.05, 3.63) is 89.0 Å². The summed E-state index contributed by atoms with van der Waals surface area (Å²) in [6, 6.07) is 21.7. The maximum Gasteiger partial charge on any atom is 0.243 e. The molecule has 3 atom stereocenters. The van der Waals surface area contributed by atoms with Crippen molar-refractivity contribution < 1.29 is 12.8 Å². The third-order valence-corrected chi connectivity index (χ3v) is 10.3. The summed E-state index contributed by atoms with van der Waals surface area (Å²) in [4.78, 5) is 2.57. The summed E-state index contributed by atoms with van der Waals surface area (Å²) in [5.74, 6) is -0.0321. The van der Waals surface area contributed by atoms with Crippen LogP contribution in [0.2, 0.25) is 0 Å². The summed E-state index contributed by atoms with van der Waals surface area (Å²) in [6.45, 7) is 7.37. The minimum atomic E-state index is -3.62. The van der Waals surface area contributed by atoms with Crippen molar-refractivity contribution in [1.82, 2.24) is 9.21 Å². The van der Waals surface area contributed by atoms with Gasteiger partial charge in [-0.25, -0.2) is 12.8 Å². The first kappa shape index (κ1) is 25.1. The first-order chi connectivity index (χ1) is 17.3. The SMILES string of the molecule is Cc1ccccc1S(=O)(=O)N1CCCCN2[C@H](CF)[C@@H](c3ccc(-c4cccc(C)c4C)cc3)[C@@H]2C1. The van der Waals surface area contributed by atoms with Gasteiger partial charge >= 0.3 is 0 Å². The maximum absolute atomic E-state index is 14.3. The lowest BCUT2D eigenvalue weighted by atomic mass is 9.74. The van der Waals surface area contributed by atoms with E-state index in [1.54, 1.807) is 16.4 Å². The molecule has 4 nitrogen and oxygen atoms in total. The molecular weight excluding hydrogens is 471 g/mol. The molecule has 190 valence electrons. The molecule has 3 aromatic rings. The van der Waals surface area contributed by atoms with E-state index in [-0.39, 0.29) is 18.0 Å². The molecule has 0 unspecified atom stereocenters. The Labute approximate surface area is 214 Å². The molecule has 0 amide bonds. The van der Waals surface area contributed by atoms with Crippen molar-refractivity contribution in [1.29, 1.82) is 0 Å². The number of hydrogen-bond donors (Lipinski definition) is 0. The number of hydrogen-bond acceptors (Lipinski definition) is 3. The van der Waals surface area contributed by atoms with Crippen molar-refractivity contribution in [2.24, 2.45) is 0 Å². The second-order valence-corrected chi connectivity index (χ2v) is 12.2. The van der Waals surface area contributed by atoms with Crippen LogP contribution in [-0.4, -0.2) is 56.0 Å². The molecule has 5 rings (SSSR count). The second kappa shape index (κ2) is 10.1. The Hall–Kier alpha value is -2.54. The minimum absolute atomic E-state index is 0.0311. The van der Waals surface area contributed by atoms with Gasteiger partial charge in [0.25, 0.3) is 0 Å². The third kappa shape index (κ3) is 4.40. The maximum atomic E-state index is 14.3. The smallest absolute Gasteiger partial charge is 0.243 e. The quantitative estimate of drug-likeness (QED) is 0.435. The highest BCUT2D eigenvalue weighted by atomic mass is 32.2. The Morgan fingerprint density at radius 1 is 0.861 bits per heavy atom. The van der Waals surface area contributed by atoms with Crippen LogP contribution in [0.5, 0.6) is 0 Å². The molecule has 0 bridgehead atoms. The molecule has 6 heteroatoms. The van der Waals surface area contributed by atoms with E-state index in [0.717, 1.165) is 36.1 Å². The fraction of sp³-hybridized carbons (Fsp3) is 0.400. The Morgan fingerprint density at radius 2 is 1.56 bits per heavy atom. The van der Waals surface area contributed by atoms with Crippen molar-refractivity contribution in [3.63, 3.8) is 0 Å². The van der Waals surface area contributed by atoms with Gasteiger partial charge in [0.2, 0.25) is 10.0 Å². The lowest BCUT2D eigenvalue weighted by Crippen LogP contribution is -2.67. The normalized spacial score (nSPS) is 23.4. The number of nitrogens with zero attached hydrogens (tertiary/aromatic N) is 2. The van der Waals surface area contributed by atoms with Crippen molar-refractivity contribution in [2.45, 2.75) is 56.5 Å². The van der Waals surface area contributed by atoms with Crippen LogP contribution in [-0.2, 0) is 10.0 Å². The highest BCUT2D eigenvalue weighted by Gasteiger charge is 2.50.